The highest BCUT2D eigenvalue weighted by atomic mass is 32.2. The predicted octanol–water partition coefficient (Wildman–Crippen LogP) is 1.55. The minimum absolute atomic E-state index is 0.0810. The van der Waals surface area contributed by atoms with Gasteiger partial charge in [0.15, 0.2) is 15.0 Å². The van der Waals surface area contributed by atoms with Crippen LogP contribution in [0.4, 0.5) is 5.13 Å². The summed E-state index contributed by atoms with van der Waals surface area (Å²) < 4.78 is 30.4. The third-order valence-electron chi connectivity index (χ3n) is 5.65. The van der Waals surface area contributed by atoms with Crippen molar-refractivity contribution in [3.8, 4) is 0 Å². The first kappa shape index (κ1) is 23.3. The van der Waals surface area contributed by atoms with E-state index in [-0.39, 0.29) is 22.1 Å². The summed E-state index contributed by atoms with van der Waals surface area (Å²) in [5.41, 5.74) is 0.649. The van der Waals surface area contributed by atoms with Gasteiger partial charge in [-0.2, -0.15) is 0 Å². The number of nitrogens with zero attached hydrogens (tertiary/aromatic N) is 1. The normalized spacial score (nSPS) is 19.4. The van der Waals surface area contributed by atoms with Crippen LogP contribution in [0.25, 0.3) is 0 Å². The second-order valence-electron chi connectivity index (χ2n) is 8.06. The number of ether oxygens (including phenoxy) is 1. The molecule has 32 heavy (non-hydrogen) atoms. The molecule has 1 aromatic heterocycles. The average Bonchev–Trinajstić information content (AvgIpc) is 3.58. The van der Waals surface area contributed by atoms with Gasteiger partial charge in [-0.05, 0) is 43.4 Å². The molecular weight excluding hydrogens is 454 g/mol. The summed E-state index contributed by atoms with van der Waals surface area (Å²) in [5, 5.41) is 25.0. The van der Waals surface area contributed by atoms with Crippen molar-refractivity contribution in [2.45, 2.75) is 54.0 Å². The number of rotatable bonds is 9. The molecule has 11 heteroatoms. The Hall–Kier alpha value is -1.89. The minimum atomic E-state index is -3.30. The highest BCUT2D eigenvalue weighted by Gasteiger charge is 2.37. The van der Waals surface area contributed by atoms with Crippen LogP contribution < -0.4 is 10.6 Å². The molecule has 1 aliphatic carbocycles. The second kappa shape index (κ2) is 9.94. The van der Waals surface area contributed by atoms with Crippen molar-refractivity contribution in [3.05, 3.63) is 40.9 Å². The third-order valence-corrected chi connectivity index (χ3v) is 8.94. The number of hydrogen-bond donors (Lipinski definition) is 4. The van der Waals surface area contributed by atoms with Gasteiger partial charge in [0.05, 0.1) is 21.6 Å². The molecule has 1 saturated heterocycles. The van der Waals surface area contributed by atoms with Gasteiger partial charge >= 0.3 is 0 Å². The van der Waals surface area contributed by atoms with Crippen LogP contribution in [0, 0.1) is 0 Å². The number of carbonyl (C=O) groups excluding carboxylic acids is 1. The minimum Gasteiger partial charge on any atom is -0.393 e. The van der Waals surface area contributed by atoms with E-state index in [1.54, 1.807) is 24.3 Å². The molecule has 2 aromatic rings. The lowest BCUT2D eigenvalue weighted by Crippen LogP contribution is -2.42. The molecule has 2 fully saturated rings. The lowest BCUT2D eigenvalue weighted by atomic mass is 10.0. The number of carbonyl (C=O) groups is 1. The first-order chi connectivity index (χ1) is 15.4. The summed E-state index contributed by atoms with van der Waals surface area (Å²) >= 11 is 1.09. The first-order valence-electron chi connectivity index (χ1n) is 10.6. The summed E-state index contributed by atoms with van der Waals surface area (Å²) in [6.07, 6.45) is 3.29. The molecule has 174 valence electrons. The predicted molar refractivity (Wildman–Crippen MR) is 119 cm³/mol. The Morgan fingerprint density at radius 1 is 1.19 bits per heavy atom. The van der Waals surface area contributed by atoms with Gasteiger partial charge in [-0.15, -0.1) is 0 Å². The molecule has 1 aromatic carbocycles. The van der Waals surface area contributed by atoms with Gasteiger partial charge in [0, 0.05) is 25.5 Å². The molecule has 9 nitrogen and oxygen atoms in total. The van der Waals surface area contributed by atoms with Crippen LogP contribution in [0.2, 0.25) is 0 Å². The number of hydrogen-bond acceptors (Lipinski definition) is 9. The zero-order valence-electron chi connectivity index (χ0n) is 17.4. The van der Waals surface area contributed by atoms with Crippen LogP contribution in [0.15, 0.2) is 35.4 Å². The molecule has 2 heterocycles. The number of thiazole rings is 1. The van der Waals surface area contributed by atoms with Crippen LogP contribution in [-0.4, -0.2) is 60.6 Å². The first-order valence-corrected chi connectivity index (χ1v) is 13.0. The van der Waals surface area contributed by atoms with Crippen molar-refractivity contribution in [1.29, 1.82) is 0 Å². The Labute approximate surface area is 190 Å². The van der Waals surface area contributed by atoms with Crippen LogP contribution >= 0.6 is 11.3 Å². The maximum absolute atomic E-state index is 13.2. The number of aliphatic hydroxyl groups excluding tert-OH is 2. The fourth-order valence-electron chi connectivity index (χ4n) is 3.61. The number of sulfone groups is 1. The second-order valence-corrected chi connectivity index (χ2v) is 11.3. The quantitative estimate of drug-likeness (QED) is 0.423. The van der Waals surface area contributed by atoms with Crippen molar-refractivity contribution in [3.63, 3.8) is 0 Å². The van der Waals surface area contributed by atoms with Crippen LogP contribution in [-0.2, 0) is 19.4 Å². The van der Waals surface area contributed by atoms with E-state index in [4.69, 9.17) is 9.84 Å². The molecular formula is C21H27N3O6S2. The summed E-state index contributed by atoms with van der Waals surface area (Å²) in [6.45, 7) is 0.790. The monoisotopic (exact) mass is 481 g/mol. The van der Waals surface area contributed by atoms with E-state index in [0.717, 1.165) is 24.2 Å². The number of amides is 1. The van der Waals surface area contributed by atoms with E-state index in [1.807, 2.05) is 0 Å². The largest absolute Gasteiger partial charge is 0.393 e. The average molecular weight is 482 g/mol. The lowest BCUT2D eigenvalue weighted by molar-refractivity contribution is -0.118. The topological polar surface area (TPSA) is 138 Å². The summed E-state index contributed by atoms with van der Waals surface area (Å²) in [7, 11) is -3.30. The van der Waals surface area contributed by atoms with Gasteiger partial charge in [-0.1, -0.05) is 23.5 Å². The molecule has 1 amide bonds. The Kier molecular flexibility index (Phi) is 7.23. The Balaban J connectivity index is 1.53. The molecule has 4 rings (SSSR count). The van der Waals surface area contributed by atoms with E-state index in [0.29, 0.717) is 41.6 Å². The Morgan fingerprint density at radius 2 is 1.88 bits per heavy atom. The maximum atomic E-state index is 13.2. The summed E-state index contributed by atoms with van der Waals surface area (Å²) in [5.74, 6) is -0.339. The number of anilines is 1. The van der Waals surface area contributed by atoms with Gasteiger partial charge in [0.2, 0.25) is 5.91 Å². The molecule has 1 saturated carbocycles. The third kappa shape index (κ3) is 5.36. The van der Waals surface area contributed by atoms with Crippen molar-refractivity contribution < 1.29 is 28.2 Å². The summed E-state index contributed by atoms with van der Waals surface area (Å²) in [4.78, 5) is 18.0. The number of aliphatic hydroxyl groups is 2. The SMILES string of the molecule is O=C(Nc1ncc(C(O)CO)s1)C(NC1CCOCC1)c1ccc(S(=O)(=O)C2CC2)cc1. The fraction of sp³-hybridized carbons (Fsp3) is 0.524. The van der Waals surface area contributed by atoms with E-state index in [1.165, 1.54) is 6.20 Å². The standard InChI is InChI=1S/C21H27N3O6S2/c25-12-17(26)18-11-22-21(31-18)24-20(27)19(23-14-7-9-30-10-8-14)13-1-3-15(4-2-13)32(28,29)16-5-6-16/h1-4,11,14,16-17,19,23,25-26H,5-10,12H2,(H,22,24,27). The molecule has 0 bridgehead atoms. The van der Waals surface area contributed by atoms with E-state index in [9.17, 15) is 18.3 Å². The molecule has 2 unspecified atom stereocenters. The number of aromatic nitrogens is 1. The Morgan fingerprint density at radius 3 is 2.50 bits per heavy atom. The zero-order valence-corrected chi connectivity index (χ0v) is 19.1. The summed E-state index contributed by atoms with van der Waals surface area (Å²) in [6, 6.07) is 5.84. The van der Waals surface area contributed by atoms with Gasteiger partial charge in [-0.3, -0.25) is 10.1 Å². The van der Waals surface area contributed by atoms with Crippen LogP contribution in [0.1, 0.15) is 48.3 Å². The lowest BCUT2D eigenvalue weighted by Gasteiger charge is -2.28. The van der Waals surface area contributed by atoms with Gasteiger partial charge in [0.1, 0.15) is 12.1 Å². The van der Waals surface area contributed by atoms with Crippen LogP contribution in [0.5, 0.6) is 0 Å². The zero-order chi connectivity index (χ0) is 22.7. The van der Waals surface area contributed by atoms with Crippen molar-refractivity contribution in [2.75, 3.05) is 25.1 Å². The van der Waals surface area contributed by atoms with Crippen molar-refractivity contribution >= 4 is 32.2 Å². The van der Waals surface area contributed by atoms with Gasteiger partial charge in [0.25, 0.3) is 0 Å². The van der Waals surface area contributed by atoms with E-state index >= 15 is 0 Å². The van der Waals surface area contributed by atoms with Crippen molar-refractivity contribution in [2.24, 2.45) is 0 Å². The molecule has 2 atom stereocenters. The smallest absolute Gasteiger partial charge is 0.247 e. The van der Waals surface area contributed by atoms with Gasteiger partial charge in [-0.25, -0.2) is 13.4 Å². The van der Waals surface area contributed by atoms with Gasteiger partial charge < -0.3 is 20.3 Å². The number of benzene rings is 1. The van der Waals surface area contributed by atoms with E-state index in [2.05, 4.69) is 15.6 Å². The maximum Gasteiger partial charge on any atom is 0.247 e. The van der Waals surface area contributed by atoms with Crippen LogP contribution in [0.3, 0.4) is 0 Å². The number of nitrogens with one attached hydrogen (secondary N) is 2. The van der Waals surface area contributed by atoms with Crippen molar-refractivity contribution in [1.82, 2.24) is 10.3 Å². The Bertz CT molecular complexity index is 1030. The fourth-order valence-corrected chi connectivity index (χ4v) is 6.06. The molecule has 0 spiro atoms. The molecule has 2 aliphatic rings. The van der Waals surface area contributed by atoms with E-state index < -0.39 is 28.6 Å². The molecule has 1 aliphatic heterocycles. The highest BCUT2D eigenvalue weighted by molar-refractivity contribution is 7.92. The molecule has 0 radical (unpaired) electrons. The molecule has 4 N–H and O–H groups in total. The highest BCUT2D eigenvalue weighted by Crippen LogP contribution is 2.34.